The summed E-state index contributed by atoms with van der Waals surface area (Å²) in [4.78, 5) is 0. The van der Waals surface area contributed by atoms with E-state index in [-0.39, 0.29) is 13.2 Å². The minimum absolute atomic E-state index is 0.154. The lowest BCUT2D eigenvalue weighted by atomic mass is 10.4. The van der Waals surface area contributed by atoms with Crippen molar-refractivity contribution in [2.45, 2.75) is 13.0 Å². The van der Waals surface area contributed by atoms with E-state index in [9.17, 15) is 0 Å². The van der Waals surface area contributed by atoms with E-state index < -0.39 is 6.10 Å². The molecule has 3 heteroatoms. The molecule has 0 bridgehead atoms. The second-order valence-electron chi connectivity index (χ2n) is 1.64. The molecular weight excluding hydrogens is 120 g/mol. The van der Waals surface area contributed by atoms with Crippen molar-refractivity contribution in [1.82, 2.24) is 0 Å². The number of aliphatic hydroxyl groups is 2. The lowest BCUT2D eigenvalue weighted by molar-refractivity contribution is 0.0384. The number of aliphatic hydroxyl groups excluding tert-OH is 2. The van der Waals surface area contributed by atoms with Crippen LogP contribution in [0.25, 0.3) is 0 Å². The fourth-order valence-corrected chi connectivity index (χ4v) is 0.316. The number of rotatable bonds is 4. The van der Waals surface area contributed by atoms with Gasteiger partial charge in [-0.05, 0) is 6.92 Å². The summed E-state index contributed by atoms with van der Waals surface area (Å²) in [5.74, 6) is 0. The molecule has 0 fully saturated rings. The first-order chi connectivity index (χ1) is 4.31. The van der Waals surface area contributed by atoms with Crippen LogP contribution in [0.4, 0.5) is 0 Å². The summed E-state index contributed by atoms with van der Waals surface area (Å²) in [6.07, 6.45) is 2.42. The maximum absolute atomic E-state index is 8.68. The quantitative estimate of drug-likeness (QED) is 0.525. The molecule has 0 aliphatic carbocycles. The van der Waals surface area contributed by atoms with Crippen molar-refractivity contribution in [2.75, 3.05) is 13.2 Å². The van der Waals surface area contributed by atoms with E-state index in [1.165, 1.54) is 6.26 Å². The molecule has 1 atom stereocenters. The Bertz CT molecular complexity index is 80.4. The summed E-state index contributed by atoms with van der Waals surface area (Å²) in [5.41, 5.74) is 0. The van der Waals surface area contributed by atoms with Gasteiger partial charge in [-0.3, -0.25) is 0 Å². The van der Waals surface area contributed by atoms with Crippen LogP contribution in [0.5, 0.6) is 0 Å². The number of ether oxygens (including phenoxy) is 1. The van der Waals surface area contributed by atoms with E-state index >= 15 is 0 Å². The Labute approximate surface area is 54.6 Å². The Balaban J connectivity index is 3.06. The van der Waals surface area contributed by atoms with Gasteiger partial charge in [-0.1, -0.05) is 6.08 Å². The van der Waals surface area contributed by atoms with Gasteiger partial charge in [-0.2, -0.15) is 0 Å². The van der Waals surface area contributed by atoms with Crippen molar-refractivity contribution in [3.63, 3.8) is 0 Å². The summed E-state index contributed by atoms with van der Waals surface area (Å²) >= 11 is 0. The molecule has 0 aromatic carbocycles. The van der Waals surface area contributed by atoms with Gasteiger partial charge >= 0.3 is 0 Å². The highest BCUT2D eigenvalue weighted by atomic mass is 16.5. The molecule has 0 amide bonds. The van der Waals surface area contributed by atoms with Gasteiger partial charge in [0.15, 0.2) is 0 Å². The van der Waals surface area contributed by atoms with Crippen LogP contribution in [0.2, 0.25) is 0 Å². The standard InChI is InChI=1S/C6H12O3/c1-2-3-9-5-6(8)4-7/h2-3,6-8H,4-5H2,1H3. The zero-order valence-corrected chi connectivity index (χ0v) is 5.45. The second kappa shape index (κ2) is 5.59. The van der Waals surface area contributed by atoms with Gasteiger partial charge in [-0.25, -0.2) is 0 Å². The second-order valence-corrected chi connectivity index (χ2v) is 1.64. The highest BCUT2D eigenvalue weighted by molar-refractivity contribution is 4.66. The van der Waals surface area contributed by atoms with Gasteiger partial charge in [0.2, 0.25) is 0 Å². The molecule has 0 radical (unpaired) electrons. The minimum Gasteiger partial charge on any atom is -0.499 e. The first kappa shape index (κ1) is 8.46. The lowest BCUT2D eigenvalue weighted by Gasteiger charge is -2.04. The van der Waals surface area contributed by atoms with Crippen LogP contribution in [0.1, 0.15) is 6.92 Å². The highest BCUT2D eigenvalue weighted by Crippen LogP contribution is 1.83. The fraction of sp³-hybridized carbons (Fsp3) is 0.667. The molecule has 0 rings (SSSR count). The fourth-order valence-electron chi connectivity index (χ4n) is 0.316. The molecule has 9 heavy (non-hydrogen) atoms. The normalized spacial score (nSPS) is 14.1. The lowest BCUT2D eigenvalue weighted by Crippen LogP contribution is -2.17. The van der Waals surface area contributed by atoms with Crippen molar-refractivity contribution in [3.8, 4) is 0 Å². The van der Waals surface area contributed by atoms with Crippen LogP contribution in [-0.2, 0) is 4.74 Å². The largest absolute Gasteiger partial charge is 0.499 e. The molecule has 0 aromatic heterocycles. The minimum atomic E-state index is -0.763. The van der Waals surface area contributed by atoms with Gasteiger partial charge in [-0.15, -0.1) is 0 Å². The summed E-state index contributed by atoms with van der Waals surface area (Å²) in [6, 6.07) is 0. The van der Waals surface area contributed by atoms with Crippen molar-refractivity contribution in [1.29, 1.82) is 0 Å². The Morgan fingerprint density at radius 2 is 2.33 bits per heavy atom. The summed E-state index contributed by atoms with van der Waals surface area (Å²) in [5, 5.41) is 17.0. The molecule has 2 N–H and O–H groups in total. The van der Waals surface area contributed by atoms with Crippen molar-refractivity contribution in [2.24, 2.45) is 0 Å². The van der Waals surface area contributed by atoms with Crippen LogP contribution < -0.4 is 0 Å². The van der Waals surface area contributed by atoms with Crippen LogP contribution in [0.3, 0.4) is 0 Å². The maximum atomic E-state index is 8.68. The zero-order chi connectivity index (χ0) is 7.11. The van der Waals surface area contributed by atoms with Gasteiger partial charge in [0.1, 0.15) is 12.7 Å². The first-order valence-corrected chi connectivity index (χ1v) is 2.83. The first-order valence-electron chi connectivity index (χ1n) is 2.83. The van der Waals surface area contributed by atoms with Crippen LogP contribution in [-0.4, -0.2) is 29.5 Å². The Morgan fingerprint density at radius 3 is 2.78 bits per heavy atom. The van der Waals surface area contributed by atoms with Gasteiger partial charge in [0.05, 0.1) is 12.9 Å². The van der Waals surface area contributed by atoms with Gasteiger partial charge in [0, 0.05) is 0 Å². The van der Waals surface area contributed by atoms with Gasteiger partial charge in [0.25, 0.3) is 0 Å². The molecule has 0 spiro atoms. The molecule has 0 saturated carbocycles. The van der Waals surface area contributed by atoms with E-state index in [1.54, 1.807) is 6.08 Å². The molecule has 0 aromatic rings. The van der Waals surface area contributed by atoms with E-state index in [4.69, 9.17) is 14.9 Å². The Kier molecular flexibility index (Phi) is 5.26. The Hall–Kier alpha value is -0.540. The van der Waals surface area contributed by atoms with E-state index in [0.29, 0.717) is 0 Å². The molecule has 0 aliphatic rings. The van der Waals surface area contributed by atoms with E-state index in [0.717, 1.165) is 0 Å². The third kappa shape index (κ3) is 5.33. The molecule has 0 saturated heterocycles. The summed E-state index contributed by atoms with van der Waals surface area (Å²) in [7, 11) is 0. The Morgan fingerprint density at radius 1 is 1.67 bits per heavy atom. The van der Waals surface area contributed by atoms with Crippen molar-refractivity contribution >= 4 is 0 Å². The maximum Gasteiger partial charge on any atom is 0.115 e. The zero-order valence-electron chi connectivity index (χ0n) is 5.45. The van der Waals surface area contributed by atoms with Crippen LogP contribution in [0.15, 0.2) is 12.3 Å². The number of hydrogen-bond donors (Lipinski definition) is 2. The number of allylic oxidation sites excluding steroid dienone is 1. The van der Waals surface area contributed by atoms with Crippen LogP contribution in [0, 0.1) is 0 Å². The molecule has 0 heterocycles. The predicted molar refractivity (Wildman–Crippen MR) is 33.9 cm³/mol. The van der Waals surface area contributed by atoms with E-state index in [2.05, 4.69) is 0 Å². The molecule has 54 valence electrons. The van der Waals surface area contributed by atoms with Crippen molar-refractivity contribution in [3.05, 3.63) is 12.3 Å². The molecule has 3 nitrogen and oxygen atoms in total. The van der Waals surface area contributed by atoms with Gasteiger partial charge < -0.3 is 14.9 Å². The molecule has 1 unspecified atom stereocenters. The summed E-state index contributed by atoms with van der Waals surface area (Å²) < 4.78 is 4.74. The highest BCUT2D eigenvalue weighted by Gasteiger charge is 1.98. The van der Waals surface area contributed by atoms with Crippen LogP contribution >= 0.6 is 0 Å². The predicted octanol–water partition coefficient (Wildman–Crippen LogP) is -0.110. The smallest absolute Gasteiger partial charge is 0.115 e. The third-order valence-electron chi connectivity index (χ3n) is 0.732. The van der Waals surface area contributed by atoms with E-state index in [1.807, 2.05) is 6.92 Å². The molecule has 0 aliphatic heterocycles. The monoisotopic (exact) mass is 132 g/mol. The SMILES string of the molecule is CC=COCC(O)CO. The average Bonchev–Trinajstić information content (AvgIpc) is 1.89. The molecular formula is C6H12O3. The topological polar surface area (TPSA) is 49.7 Å². The third-order valence-corrected chi connectivity index (χ3v) is 0.732. The van der Waals surface area contributed by atoms with Crippen molar-refractivity contribution < 1.29 is 14.9 Å². The average molecular weight is 132 g/mol. The summed E-state index contributed by atoms with van der Waals surface area (Å²) in [6.45, 7) is 1.71. The number of hydrogen-bond acceptors (Lipinski definition) is 3.